The second-order valence-electron chi connectivity index (χ2n) is 8.35. The first kappa shape index (κ1) is 22.7. The highest BCUT2D eigenvalue weighted by Crippen LogP contribution is 2.54. The van der Waals surface area contributed by atoms with Crippen LogP contribution in [0.5, 0.6) is 0 Å². The first-order valence-corrected chi connectivity index (χ1v) is 13.5. The number of sulfone groups is 1. The molecule has 0 unspecified atom stereocenters. The van der Waals surface area contributed by atoms with Crippen molar-refractivity contribution in [2.45, 2.75) is 61.0 Å². The fraction of sp³-hybridized carbons (Fsp3) is 0.296. The van der Waals surface area contributed by atoms with Crippen LogP contribution in [0.2, 0.25) is 0 Å². The molecule has 3 aromatic rings. The molecule has 0 amide bonds. The van der Waals surface area contributed by atoms with Crippen molar-refractivity contribution in [2.24, 2.45) is 0 Å². The number of benzene rings is 2. The predicted molar refractivity (Wildman–Crippen MR) is 131 cm³/mol. The van der Waals surface area contributed by atoms with Crippen molar-refractivity contribution in [1.82, 2.24) is 0 Å². The molecule has 32 heavy (non-hydrogen) atoms. The van der Waals surface area contributed by atoms with Gasteiger partial charge >= 0.3 is 0 Å². The minimum atomic E-state index is -3.56. The summed E-state index contributed by atoms with van der Waals surface area (Å²) in [6.45, 7) is 6.17. The smallest absolute Gasteiger partial charge is 0.215 e. The normalized spacial score (nSPS) is 14.5. The molecule has 2 aromatic carbocycles. The summed E-state index contributed by atoms with van der Waals surface area (Å²) in [5, 5.41) is 1.79. The number of carbonyl (C=O) groups excluding carboxylic acids is 1. The highest BCUT2D eigenvalue weighted by molar-refractivity contribution is 7.93. The van der Waals surface area contributed by atoms with Gasteiger partial charge in [-0.3, -0.25) is 4.79 Å². The molecule has 1 aliphatic carbocycles. The standard InChI is InChI=1S/C27H28O3S2/c1-4-8-25(28)19-10-12-21-22-13-11-20(32(29,30)26-9-7-16-31-26)18-24(22)27(14-5-2,15-6-3)23(21)17-19/h4,7-13,16-18H,5-6,14-15H2,1-3H3/b8-4+. The molecular weight excluding hydrogens is 436 g/mol. The van der Waals surface area contributed by atoms with E-state index in [1.807, 2.05) is 37.3 Å². The van der Waals surface area contributed by atoms with Crippen LogP contribution in [0, 0.1) is 0 Å². The SMILES string of the molecule is C/C=C/C(=O)c1ccc2c(c1)C(CCC)(CCC)c1cc(S(=O)(=O)c3cccs3)ccc1-2. The monoisotopic (exact) mass is 464 g/mol. The topological polar surface area (TPSA) is 51.2 Å². The van der Waals surface area contributed by atoms with Gasteiger partial charge in [-0.25, -0.2) is 8.42 Å². The summed E-state index contributed by atoms with van der Waals surface area (Å²) in [5.74, 6) is -0.00545. The molecule has 0 bridgehead atoms. The van der Waals surface area contributed by atoms with E-state index in [2.05, 4.69) is 13.8 Å². The number of rotatable bonds is 8. The lowest BCUT2D eigenvalue weighted by atomic mass is 9.71. The van der Waals surface area contributed by atoms with Gasteiger partial charge in [0, 0.05) is 11.0 Å². The lowest BCUT2D eigenvalue weighted by molar-refractivity contribution is 0.104. The van der Waals surface area contributed by atoms with E-state index in [1.54, 1.807) is 35.7 Å². The van der Waals surface area contributed by atoms with E-state index < -0.39 is 9.84 Å². The van der Waals surface area contributed by atoms with E-state index in [4.69, 9.17) is 0 Å². The van der Waals surface area contributed by atoms with Gasteiger partial charge in [-0.1, -0.05) is 57.0 Å². The zero-order valence-electron chi connectivity index (χ0n) is 18.7. The maximum absolute atomic E-state index is 13.3. The molecule has 0 N–H and O–H groups in total. The number of thiophene rings is 1. The van der Waals surface area contributed by atoms with Gasteiger partial charge in [0.05, 0.1) is 4.90 Å². The Morgan fingerprint density at radius 3 is 2.22 bits per heavy atom. The van der Waals surface area contributed by atoms with E-state index in [9.17, 15) is 13.2 Å². The molecule has 0 radical (unpaired) electrons. The summed E-state index contributed by atoms with van der Waals surface area (Å²) in [7, 11) is -3.56. The third kappa shape index (κ3) is 3.57. The van der Waals surface area contributed by atoms with Crippen LogP contribution in [-0.4, -0.2) is 14.2 Å². The van der Waals surface area contributed by atoms with E-state index in [1.165, 1.54) is 11.3 Å². The molecule has 0 spiro atoms. The van der Waals surface area contributed by atoms with Gasteiger partial charge in [0.15, 0.2) is 5.78 Å². The number of hydrogen-bond donors (Lipinski definition) is 0. The fourth-order valence-electron chi connectivity index (χ4n) is 5.09. The van der Waals surface area contributed by atoms with Crippen LogP contribution in [0.4, 0.5) is 0 Å². The third-order valence-electron chi connectivity index (χ3n) is 6.36. The van der Waals surface area contributed by atoms with E-state index in [0.29, 0.717) is 14.7 Å². The minimum Gasteiger partial charge on any atom is -0.289 e. The van der Waals surface area contributed by atoms with Crippen LogP contribution >= 0.6 is 11.3 Å². The Morgan fingerprint density at radius 1 is 0.969 bits per heavy atom. The lowest BCUT2D eigenvalue weighted by Gasteiger charge is -2.32. The first-order valence-electron chi connectivity index (χ1n) is 11.1. The number of ketones is 1. The summed E-state index contributed by atoms with van der Waals surface area (Å²) in [6, 6.07) is 15.0. The summed E-state index contributed by atoms with van der Waals surface area (Å²) in [5.41, 5.74) is 4.80. The molecule has 3 nitrogen and oxygen atoms in total. The lowest BCUT2D eigenvalue weighted by Crippen LogP contribution is -2.25. The minimum absolute atomic E-state index is 0.00545. The zero-order chi connectivity index (χ0) is 22.9. The van der Waals surface area contributed by atoms with Crippen molar-refractivity contribution in [3.05, 3.63) is 82.8 Å². The van der Waals surface area contributed by atoms with Crippen molar-refractivity contribution in [3.63, 3.8) is 0 Å². The highest BCUT2D eigenvalue weighted by Gasteiger charge is 2.42. The number of hydrogen-bond acceptors (Lipinski definition) is 4. The maximum atomic E-state index is 13.3. The van der Waals surface area contributed by atoms with E-state index in [0.717, 1.165) is 47.9 Å². The van der Waals surface area contributed by atoms with Gasteiger partial charge in [-0.2, -0.15) is 0 Å². The average molecular weight is 465 g/mol. The molecule has 5 heteroatoms. The van der Waals surface area contributed by atoms with Crippen LogP contribution < -0.4 is 0 Å². The quantitative estimate of drug-likeness (QED) is 0.261. The molecule has 0 atom stereocenters. The molecule has 0 fully saturated rings. The molecule has 4 rings (SSSR count). The van der Waals surface area contributed by atoms with Gasteiger partial charge in [-0.15, -0.1) is 11.3 Å². The van der Waals surface area contributed by atoms with Crippen molar-refractivity contribution in [3.8, 4) is 11.1 Å². The van der Waals surface area contributed by atoms with E-state index in [-0.39, 0.29) is 11.2 Å². The van der Waals surface area contributed by atoms with Crippen molar-refractivity contribution in [2.75, 3.05) is 0 Å². The number of fused-ring (bicyclic) bond motifs is 3. The van der Waals surface area contributed by atoms with Crippen molar-refractivity contribution < 1.29 is 13.2 Å². The molecule has 1 aromatic heterocycles. The maximum Gasteiger partial charge on any atom is 0.215 e. The highest BCUT2D eigenvalue weighted by atomic mass is 32.2. The molecule has 0 aliphatic heterocycles. The van der Waals surface area contributed by atoms with Crippen molar-refractivity contribution in [1.29, 1.82) is 0 Å². The number of carbonyl (C=O) groups is 1. The summed E-state index contributed by atoms with van der Waals surface area (Å²) < 4.78 is 26.9. The Bertz CT molecular complexity index is 1280. The molecule has 0 saturated carbocycles. The summed E-state index contributed by atoms with van der Waals surface area (Å²) >= 11 is 1.24. The van der Waals surface area contributed by atoms with Crippen molar-refractivity contribution >= 4 is 27.0 Å². The Morgan fingerprint density at radius 2 is 1.62 bits per heavy atom. The van der Waals surface area contributed by atoms with Gasteiger partial charge in [0.1, 0.15) is 4.21 Å². The molecule has 1 aliphatic rings. The van der Waals surface area contributed by atoms with Crippen LogP contribution in [0.3, 0.4) is 0 Å². The predicted octanol–water partition coefficient (Wildman–Crippen LogP) is 7.21. The Balaban J connectivity index is 1.95. The Kier molecular flexibility index (Phi) is 6.24. The average Bonchev–Trinajstić information content (AvgIpc) is 3.41. The first-order chi connectivity index (χ1) is 15.4. The summed E-state index contributed by atoms with van der Waals surface area (Å²) in [4.78, 5) is 12.9. The second-order valence-corrected chi connectivity index (χ2v) is 11.5. The van der Waals surface area contributed by atoms with Gasteiger partial charge < -0.3 is 0 Å². The largest absolute Gasteiger partial charge is 0.289 e. The molecule has 1 heterocycles. The van der Waals surface area contributed by atoms with Gasteiger partial charge in [0.25, 0.3) is 0 Å². The molecule has 0 saturated heterocycles. The van der Waals surface area contributed by atoms with Gasteiger partial charge in [-0.05, 0) is 77.7 Å². The third-order valence-corrected chi connectivity index (χ3v) is 9.51. The molecular formula is C27H28O3S2. The second kappa shape index (κ2) is 8.80. The van der Waals surface area contributed by atoms with Crippen LogP contribution in [-0.2, 0) is 15.3 Å². The van der Waals surface area contributed by atoms with Gasteiger partial charge in [0.2, 0.25) is 9.84 Å². The Hall–Kier alpha value is -2.50. The fourth-order valence-corrected chi connectivity index (χ4v) is 7.51. The summed E-state index contributed by atoms with van der Waals surface area (Å²) in [6.07, 6.45) is 7.10. The molecule has 166 valence electrons. The number of allylic oxidation sites excluding steroid dienone is 2. The van der Waals surface area contributed by atoms with Crippen LogP contribution in [0.1, 0.15) is 67.9 Å². The Labute approximate surface area is 194 Å². The zero-order valence-corrected chi connectivity index (χ0v) is 20.4. The van der Waals surface area contributed by atoms with Crippen LogP contribution in [0.15, 0.2) is 75.2 Å². The van der Waals surface area contributed by atoms with E-state index >= 15 is 0 Å². The van der Waals surface area contributed by atoms with Crippen LogP contribution in [0.25, 0.3) is 11.1 Å².